The van der Waals surface area contributed by atoms with Crippen LogP contribution in [0, 0.1) is 0 Å². The minimum Gasteiger partial charge on any atom is -0.388 e. The first-order chi connectivity index (χ1) is 7.70. The maximum atomic E-state index is 10.3. The monoisotopic (exact) mass is 240 g/mol. The highest BCUT2D eigenvalue weighted by molar-refractivity contribution is 7.10. The van der Waals surface area contributed by atoms with E-state index in [-0.39, 0.29) is 0 Å². The van der Waals surface area contributed by atoms with Crippen molar-refractivity contribution in [2.24, 2.45) is 0 Å². The van der Waals surface area contributed by atoms with Crippen molar-refractivity contribution >= 4 is 11.3 Å². The normalized spacial score (nSPS) is 21.9. The van der Waals surface area contributed by atoms with E-state index >= 15 is 0 Å². The van der Waals surface area contributed by atoms with Crippen LogP contribution in [-0.2, 0) is 0 Å². The van der Waals surface area contributed by atoms with E-state index in [4.69, 9.17) is 0 Å². The molecule has 0 spiro atoms. The maximum Gasteiger partial charge on any atom is 0.0795 e. The lowest BCUT2D eigenvalue weighted by Gasteiger charge is -2.33. The molecular weight excluding hydrogens is 220 g/mol. The summed E-state index contributed by atoms with van der Waals surface area (Å²) in [6, 6.07) is 4.53. The van der Waals surface area contributed by atoms with Gasteiger partial charge in [0.1, 0.15) is 0 Å². The van der Waals surface area contributed by atoms with Crippen molar-refractivity contribution in [1.29, 1.82) is 0 Å². The van der Waals surface area contributed by atoms with Crippen molar-refractivity contribution in [2.45, 2.75) is 31.4 Å². The maximum absolute atomic E-state index is 10.3. The van der Waals surface area contributed by atoms with E-state index in [0.29, 0.717) is 12.6 Å². The number of aliphatic hydroxyl groups is 1. The van der Waals surface area contributed by atoms with Crippen LogP contribution in [0.15, 0.2) is 17.5 Å². The van der Waals surface area contributed by atoms with Gasteiger partial charge < -0.3 is 15.7 Å². The molecule has 0 saturated carbocycles. The quantitative estimate of drug-likeness (QED) is 0.747. The Hall–Kier alpha value is -0.420. The molecule has 1 aliphatic heterocycles. The van der Waals surface area contributed by atoms with Crippen LogP contribution in [0.4, 0.5) is 0 Å². The fourth-order valence-electron chi connectivity index (χ4n) is 2.05. The van der Waals surface area contributed by atoms with Crippen molar-refractivity contribution in [3.63, 3.8) is 0 Å². The molecule has 1 aromatic rings. The Labute approximate surface area is 101 Å². The van der Waals surface area contributed by atoms with Gasteiger partial charge in [0.25, 0.3) is 0 Å². The molecule has 2 rings (SSSR count). The zero-order valence-corrected chi connectivity index (χ0v) is 10.5. The van der Waals surface area contributed by atoms with Crippen LogP contribution in [0.1, 0.15) is 30.7 Å². The Morgan fingerprint density at radius 2 is 2.31 bits per heavy atom. The molecule has 0 bridgehead atoms. The summed E-state index contributed by atoms with van der Waals surface area (Å²) in [5.74, 6) is 0. The van der Waals surface area contributed by atoms with Gasteiger partial charge in [-0.25, -0.2) is 0 Å². The van der Waals surface area contributed by atoms with E-state index in [1.54, 1.807) is 11.3 Å². The molecule has 1 fully saturated rings. The Bertz CT molecular complexity index is 307. The molecule has 0 amide bonds. The van der Waals surface area contributed by atoms with Crippen LogP contribution in [0.3, 0.4) is 0 Å². The van der Waals surface area contributed by atoms with Crippen LogP contribution in [-0.4, -0.2) is 30.3 Å². The van der Waals surface area contributed by atoms with Crippen LogP contribution >= 0.6 is 11.3 Å². The van der Waals surface area contributed by atoms with Gasteiger partial charge in [-0.05, 0) is 44.3 Å². The molecule has 1 saturated heterocycles. The minimum absolute atomic E-state index is 0.332. The number of piperidine rings is 1. The molecule has 90 valence electrons. The fourth-order valence-corrected chi connectivity index (χ4v) is 2.81. The Balaban J connectivity index is 1.82. The second-order valence-electron chi connectivity index (χ2n) is 4.59. The summed E-state index contributed by atoms with van der Waals surface area (Å²) >= 11 is 1.76. The largest absolute Gasteiger partial charge is 0.388 e. The van der Waals surface area contributed by atoms with E-state index < -0.39 is 5.60 Å². The molecule has 16 heavy (non-hydrogen) atoms. The highest BCUT2D eigenvalue weighted by atomic mass is 32.1. The first-order valence-electron chi connectivity index (χ1n) is 5.89. The van der Waals surface area contributed by atoms with Crippen LogP contribution in [0.5, 0.6) is 0 Å². The summed E-state index contributed by atoms with van der Waals surface area (Å²) in [5.41, 5.74) is -0.517. The first kappa shape index (κ1) is 12.0. The summed E-state index contributed by atoms with van der Waals surface area (Å²) in [7, 11) is 0. The van der Waals surface area contributed by atoms with E-state index in [1.807, 2.05) is 0 Å². The lowest BCUT2D eigenvalue weighted by Crippen LogP contribution is -2.48. The van der Waals surface area contributed by atoms with Gasteiger partial charge in [-0.15, -0.1) is 11.3 Å². The topological polar surface area (TPSA) is 44.3 Å². The average Bonchev–Trinajstić information content (AvgIpc) is 2.80. The van der Waals surface area contributed by atoms with Crippen molar-refractivity contribution in [3.05, 3.63) is 22.4 Å². The number of hydrogen-bond acceptors (Lipinski definition) is 4. The Morgan fingerprint density at radius 3 is 2.94 bits per heavy atom. The Morgan fingerprint density at radius 1 is 1.56 bits per heavy atom. The van der Waals surface area contributed by atoms with Gasteiger partial charge in [0.05, 0.1) is 5.60 Å². The molecule has 1 aliphatic rings. The zero-order valence-electron chi connectivity index (χ0n) is 9.70. The molecule has 0 radical (unpaired) electrons. The molecule has 1 atom stereocenters. The van der Waals surface area contributed by atoms with Crippen LogP contribution in [0.2, 0.25) is 0 Å². The summed E-state index contributed by atoms with van der Waals surface area (Å²) < 4.78 is 0. The minimum atomic E-state index is -0.517. The number of nitrogens with one attached hydrogen (secondary N) is 2. The van der Waals surface area contributed by atoms with Crippen LogP contribution in [0.25, 0.3) is 0 Å². The van der Waals surface area contributed by atoms with E-state index in [2.05, 4.69) is 35.1 Å². The van der Waals surface area contributed by atoms with Gasteiger partial charge in [0.15, 0.2) is 0 Å². The third kappa shape index (κ3) is 3.04. The third-order valence-corrected chi connectivity index (χ3v) is 4.30. The molecule has 3 nitrogen and oxygen atoms in total. The predicted octanol–water partition coefficient (Wildman–Crippen LogP) is 1.51. The highest BCUT2D eigenvalue weighted by Crippen LogP contribution is 2.21. The van der Waals surface area contributed by atoms with Crippen molar-refractivity contribution in [3.8, 4) is 0 Å². The average molecular weight is 240 g/mol. The second-order valence-corrected chi connectivity index (χ2v) is 5.57. The fraction of sp³-hybridized carbons (Fsp3) is 0.667. The van der Waals surface area contributed by atoms with E-state index in [0.717, 1.165) is 25.9 Å². The lowest BCUT2D eigenvalue weighted by atomic mass is 9.92. The Kier molecular flexibility index (Phi) is 3.97. The van der Waals surface area contributed by atoms with E-state index in [1.165, 1.54) is 4.88 Å². The summed E-state index contributed by atoms with van der Waals surface area (Å²) in [4.78, 5) is 1.33. The lowest BCUT2D eigenvalue weighted by molar-refractivity contribution is 0.00927. The molecule has 4 heteroatoms. The van der Waals surface area contributed by atoms with Crippen LogP contribution < -0.4 is 10.6 Å². The molecule has 3 N–H and O–H groups in total. The molecule has 0 aliphatic carbocycles. The number of hydrogen-bond donors (Lipinski definition) is 3. The van der Waals surface area contributed by atoms with Crippen molar-refractivity contribution in [2.75, 3.05) is 19.6 Å². The zero-order chi connectivity index (χ0) is 11.4. The second kappa shape index (κ2) is 5.27. The SMILES string of the molecule is CC(NCC1(O)CCNCC1)c1cccs1. The highest BCUT2D eigenvalue weighted by Gasteiger charge is 2.29. The number of thiophene rings is 1. The smallest absolute Gasteiger partial charge is 0.0795 e. The van der Waals surface area contributed by atoms with Gasteiger partial charge in [0, 0.05) is 17.5 Å². The van der Waals surface area contributed by atoms with Crippen molar-refractivity contribution < 1.29 is 5.11 Å². The molecule has 2 heterocycles. The predicted molar refractivity (Wildman–Crippen MR) is 67.8 cm³/mol. The summed E-state index contributed by atoms with van der Waals surface area (Å²) in [6.07, 6.45) is 1.69. The third-order valence-electron chi connectivity index (χ3n) is 3.24. The van der Waals surface area contributed by atoms with Gasteiger partial charge in [-0.2, -0.15) is 0 Å². The molecule has 0 aromatic carbocycles. The number of rotatable bonds is 4. The summed E-state index contributed by atoms with van der Waals surface area (Å²) in [5, 5.41) is 19.1. The van der Waals surface area contributed by atoms with Gasteiger partial charge in [-0.1, -0.05) is 6.07 Å². The van der Waals surface area contributed by atoms with Gasteiger partial charge in [0.2, 0.25) is 0 Å². The standard InChI is InChI=1S/C12H20N2OS/c1-10(11-3-2-8-16-11)14-9-12(15)4-6-13-7-5-12/h2-3,8,10,13-15H,4-7,9H2,1H3. The van der Waals surface area contributed by atoms with Gasteiger partial charge in [-0.3, -0.25) is 0 Å². The first-order valence-corrected chi connectivity index (χ1v) is 6.77. The molecule has 1 aromatic heterocycles. The van der Waals surface area contributed by atoms with Crippen molar-refractivity contribution in [1.82, 2.24) is 10.6 Å². The molecular formula is C12H20N2OS. The molecule has 1 unspecified atom stereocenters. The summed E-state index contributed by atoms with van der Waals surface area (Å²) in [6.45, 7) is 4.68. The van der Waals surface area contributed by atoms with E-state index in [9.17, 15) is 5.11 Å². The van der Waals surface area contributed by atoms with Gasteiger partial charge >= 0.3 is 0 Å².